The molecule has 0 amide bonds. The molecule has 0 aromatic carbocycles. The summed E-state index contributed by atoms with van der Waals surface area (Å²) in [4.78, 5) is 14.3. The lowest BCUT2D eigenvalue weighted by atomic mass is 10.1. The fraction of sp³-hybridized carbons (Fsp3) is 0.500. The van der Waals surface area contributed by atoms with Gasteiger partial charge in [0.2, 0.25) is 0 Å². The highest BCUT2D eigenvalue weighted by atomic mass is 16.4. The van der Waals surface area contributed by atoms with E-state index >= 15 is 0 Å². The number of fused-ring (bicyclic) bond motifs is 2. The Bertz CT molecular complexity index is 879. The molecule has 0 saturated carbocycles. The Morgan fingerprint density at radius 3 is 2.32 bits per heavy atom. The molecule has 1 aromatic heterocycles. The lowest BCUT2D eigenvalue weighted by Crippen LogP contribution is -2.11. The van der Waals surface area contributed by atoms with Crippen LogP contribution >= 0.6 is 0 Å². The van der Waals surface area contributed by atoms with Crippen molar-refractivity contribution in [3.63, 3.8) is 0 Å². The quantitative estimate of drug-likeness (QED) is 0.434. The summed E-state index contributed by atoms with van der Waals surface area (Å²) in [5.41, 5.74) is 1.38. The summed E-state index contributed by atoms with van der Waals surface area (Å²) >= 11 is 0. The topological polar surface area (TPSA) is 126 Å². The van der Waals surface area contributed by atoms with Gasteiger partial charge in [0.1, 0.15) is 22.4 Å². The van der Waals surface area contributed by atoms with Gasteiger partial charge in [0.05, 0.1) is 12.1 Å². The summed E-state index contributed by atoms with van der Waals surface area (Å²) in [5, 5.41) is 31.8. The van der Waals surface area contributed by atoms with Gasteiger partial charge in [0, 0.05) is 0 Å². The third kappa shape index (κ3) is 1.87. The second-order valence-electron chi connectivity index (χ2n) is 5.57. The lowest BCUT2D eigenvalue weighted by molar-refractivity contribution is 0.302. The van der Waals surface area contributed by atoms with Crippen molar-refractivity contribution in [2.24, 2.45) is 10.3 Å². The monoisotopic (exact) mass is 304 g/mol. The molecule has 2 aliphatic rings. The Hall–Kier alpha value is -2.78. The average Bonchev–Trinajstić information content (AvgIpc) is 3.08. The summed E-state index contributed by atoms with van der Waals surface area (Å²) in [5.74, 6) is 0. The molecule has 10 nitrogen and oxygen atoms in total. The third-order valence-corrected chi connectivity index (χ3v) is 3.35. The molecule has 2 heterocycles. The van der Waals surface area contributed by atoms with Crippen molar-refractivity contribution < 1.29 is 5.21 Å². The molecule has 0 saturated heterocycles. The van der Waals surface area contributed by atoms with Crippen LogP contribution in [0.2, 0.25) is 0 Å². The van der Waals surface area contributed by atoms with Gasteiger partial charge in [-0.3, -0.25) is 5.10 Å². The van der Waals surface area contributed by atoms with E-state index in [1.165, 1.54) is 4.80 Å². The van der Waals surface area contributed by atoms with Crippen molar-refractivity contribution in [1.29, 1.82) is 0 Å². The molecule has 1 aliphatic heterocycles. The molecular formula is C12H16N8O2. The maximum absolute atomic E-state index is 11.3. The van der Waals surface area contributed by atoms with Crippen molar-refractivity contribution in [3.05, 3.63) is 10.3 Å². The molecule has 1 aliphatic carbocycles. The predicted octanol–water partition coefficient (Wildman–Crippen LogP) is 1.91. The molecular weight excluding hydrogens is 288 g/mol. The zero-order chi connectivity index (χ0) is 16.0. The Morgan fingerprint density at radius 1 is 1.09 bits per heavy atom. The third-order valence-electron chi connectivity index (χ3n) is 3.35. The molecule has 116 valence electrons. The van der Waals surface area contributed by atoms with Crippen LogP contribution in [0, 0.1) is 4.91 Å². The van der Waals surface area contributed by atoms with Gasteiger partial charge in [-0.05, 0) is 32.9 Å². The van der Waals surface area contributed by atoms with Crippen LogP contribution in [-0.4, -0.2) is 35.2 Å². The van der Waals surface area contributed by atoms with Gasteiger partial charge in [0.25, 0.3) is 0 Å². The molecule has 22 heavy (non-hydrogen) atoms. The maximum atomic E-state index is 11.3. The number of benzene rings is 1. The highest BCUT2D eigenvalue weighted by Crippen LogP contribution is 2.33. The van der Waals surface area contributed by atoms with Gasteiger partial charge in [-0.1, -0.05) is 5.16 Å². The number of nitrogens with one attached hydrogen (secondary N) is 1. The van der Waals surface area contributed by atoms with Crippen LogP contribution in [-0.2, 0) is 0 Å². The van der Waals surface area contributed by atoms with E-state index in [4.69, 9.17) is 0 Å². The molecule has 0 bridgehead atoms. The molecule has 0 atom stereocenters. The molecule has 0 fully saturated rings. The van der Waals surface area contributed by atoms with Crippen LogP contribution < -0.4 is 5.36 Å². The summed E-state index contributed by atoms with van der Waals surface area (Å²) in [6.45, 7) is 7.66. The fourth-order valence-electron chi connectivity index (χ4n) is 2.21. The van der Waals surface area contributed by atoms with Gasteiger partial charge >= 0.3 is 0 Å². The minimum atomic E-state index is -0.00894. The Labute approximate surface area is 124 Å². The summed E-state index contributed by atoms with van der Waals surface area (Å²) in [7, 11) is 0. The highest BCUT2D eigenvalue weighted by molar-refractivity contribution is 5.95. The first-order chi connectivity index (χ1) is 10.5. The lowest BCUT2D eigenvalue weighted by Gasteiger charge is -2.02. The summed E-state index contributed by atoms with van der Waals surface area (Å²) in [6.07, 6.45) is 0. The molecule has 10 heteroatoms. The Kier molecular flexibility index (Phi) is 3.15. The van der Waals surface area contributed by atoms with Crippen molar-refractivity contribution >= 4 is 16.7 Å². The number of hydrogen-bond acceptors (Lipinski definition) is 7. The second kappa shape index (κ2) is 4.90. The van der Waals surface area contributed by atoms with Gasteiger partial charge in [0.15, 0.2) is 11.0 Å². The van der Waals surface area contributed by atoms with E-state index < -0.39 is 0 Å². The summed E-state index contributed by atoms with van der Waals surface area (Å²) in [6, 6.07) is 0.0275. The van der Waals surface area contributed by atoms with Crippen LogP contribution in [0.3, 0.4) is 0 Å². The SMILES string of the molecule is CC(C)n1nc2c(N=O)c3[nH]n(C(C)C)nc-3/c(=N/O)c2n1. The number of nitroso groups, excluding NO2 is 1. The molecule has 0 unspecified atom stereocenters. The Morgan fingerprint density at radius 2 is 1.77 bits per heavy atom. The second-order valence-corrected chi connectivity index (χ2v) is 5.57. The van der Waals surface area contributed by atoms with E-state index in [0.29, 0.717) is 16.9 Å². The van der Waals surface area contributed by atoms with E-state index in [0.717, 1.165) is 0 Å². The zero-order valence-corrected chi connectivity index (χ0v) is 12.6. The van der Waals surface area contributed by atoms with Gasteiger partial charge in [-0.2, -0.15) is 20.1 Å². The van der Waals surface area contributed by atoms with Crippen molar-refractivity contribution in [1.82, 2.24) is 30.0 Å². The van der Waals surface area contributed by atoms with E-state index in [9.17, 15) is 10.1 Å². The van der Waals surface area contributed by atoms with Gasteiger partial charge < -0.3 is 5.21 Å². The van der Waals surface area contributed by atoms with Crippen LogP contribution in [0.4, 0.5) is 5.69 Å². The normalized spacial score (nSPS) is 13.1. The van der Waals surface area contributed by atoms with Crippen LogP contribution in [0.15, 0.2) is 10.3 Å². The number of nitrogens with zero attached hydrogens (tertiary/aromatic N) is 7. The zero-order valence-electron chi connectivity index (χ0n) is 12.6. The van der Waals surface area contributed by atoms with E-state index in [-0.39, 0.29) is 28.6 Å². The number of H-pyrrole nitrogens is 1. The van der Waals surface area contributed by atoms with E-state index in [1.54, 1.807) is 4.80 Å². The van der Waals surface area contributed by atoms with Crippen LogP contribution in [0.25, 0.3) is 22.4 Å². The van der Waals surface area contributed by atoms with Crippen LogP contribution in [0.5, 0.6) is 0 Å². The van der Waals surface area contributed by atoms with E-state index in [1.807, 2.05) is 27.7 Å². The van der Waals surface area contributed by atoms with E-state index in [2.05, 4.69) is 30.7 Å². The predicted molar refractivity (Wildman–Crippen MR) is 77.9 cm³/mol. The minimum Gasteiger partial charge on any atom is -0.410 e. The van der Waals surface area contributed by atoms with Crippen molar-refractivity contribution in [2.45, 2.75) is 39.8 Å². The van der Waals surface area contributed by atoms with Gasteiger partial charge in [-0.25, -0.2) is 4.80 Å². The molecule has 3 rings (SSSR count). The number of rotatable bonds is 3. The van der Waals surface area contributed by atoms with Crippen molar-refractivity contribution in [3.8, 4) is 11.4 Å². The summed E-state index contributed by atoms with van der Waals surface area (Å²) < 4.78 is 0. The average molecular weight is 304 g/mol. The first-order valence-electron chi connectivity index (χ1n) is 6.90. The number of aromatic nitrogens is 6. The van der Waals surface area contributed by atoms with Crippen LogP contribution in [0.1, 0.15) is 39.8 Å². The number of aromatic amines is 1. The fourth-order valence-corrected chi connectivity index (χ4v) is 2.21. The molecule has 1 aromatic rings. The Balaban J connectivity index is 2.51. The largest absolute Gasteiger partial charge is 0.410 e. The first-order valence-corrected chi connectivity index (χ1v) is 6.90. The molecule has 0 radical (unpaired) electrons. The number of hydrogen-bond donors (Lipinski definition) is 2. The maximum Gasteiger partial charge on any atom is 0.165 e. The van der Waals surface area contributed by atoms with Gasteiger partial charge in [-0.15, -0.1) is 4.91 Å². The molecule has 0 spiro atoms. The minimum absolute atomic E-state index is 0.00894. The highest BCUT2D eigenvalue weighted by Gasteiger charge is 2.26. The molecule has 2 N–H and O–H groups in total. The smallest absolute Gasteiger partial charge is 0.165 e. The van der Waals surface area contributed by atoms with Crippen molar-refractivity contribution in [2.75, 3.05) is 0 Å². The standard InChI is InChI=1S/C12H16N8O2/c1-5(2)19-13-7-8(14-19)12(18-22)10-9(11(7)17-21)15-20(16-10)6(3)4/h5-6,13,22H,1-4H3/b18-12-. The first kappa shape index (κ1) is 14.2.